The van der Waals surface area contributed by atoms with Crippen molar-refractivity contribution in [3.8, 4) is 17.0 Å². The number of fused-ring (bicyclic) bond motifs is 7. The van der Waals surface area contributed by atoms with Gasteiger partial charge in [0.05, 0.1) is 5.69 Å². The molecule has 2 heterocycles. The first-order chi connectivity index (χ1) is 18.4. The Hall–Kier alpha value is -3.38. The third-order valence-corrected chi connectivity index (χ3v) is 11.0. The number of carbonyl (C=O) groups is 1. The molecule has 6 heteroatoms. The third-order valence-electron chi connectivity index (χ3n) is 9.01. The van der Waals surface area contributed by atoms with E-state index < -0.39 is 14.9 Å². The Morgan fingerprint density at radius 2 is 1.68 bits per heavy atom. The molecule has 2 unspecified atom stereocenters. The molecule has 0 N–H and O–H groups in total. The molecule has 3 aromatic carbocycles. The van der Waals surface area contributed by atoms with E-state index in [4.69, 9.17) is 4.18 Å². The number of rotatable bonds is 5. The molecule has 194 valence electrons. The lowest BCUT2D eigenvalue weighted by Crippen LogP contribution is -2.33. The largest absolute Gasteiger partial charge is 0.382 e. The highest BCUT2D eigenvalue weighted by atomic mass is 32.2. The zero-order valence-electron chi connectivity index (χ0n) is 21.5. The first-order valence-corrected chi connectivity index (χ1v) is 15.1. The van der Waals surface area contributed by atoms with Gasteiger partial charge in [0.2, 0.25) is 0 Å². The molecule has 1 aliphatic heterocycles. The average Bonchev–Trinajstić information content (AvgIpc) is 3.61. The van der Waals surface area contributed by atoms with Gasteiger partial charge in [-0.2, -0.15) is 8.42 Å². The maximum atomic E-state index is 14.0. The van der Waals surface area contributed by atoms with Crippen LogP contribution in [-0.4, -0.2) is 23.5 Å². The molecule has 38 heavy (non-hydrogen) atoms. The molecule has 5 nitrogen and oxygen atoms in total. The van der Waals surface area contributed by atoms with Crippen LogP contribution in [0.25, 0.3) is 22.2 Å². The predicted octanol–water partition coefficient (Wildman–Crippen LogP) is 7.21. The van der Waals surface area contributed by atoms with Gasteiger partial charge < -0.3 is 8.75 Å². The van der Waals surface area contributed by atoms with Crippen molar-refractivity contribution in [1.82, 2.24) is 4.57 Å². The second-order valence-electron chi connectivity index (χ2n) is 11.2. The fourth-order valence-corrected chi connectivity index (χ4v) is 8.70. The molecular weight excluding hydrogens is 494 g/mol. The molecule has 0 radical (unpaired) electrons. The van der Waals surface area contributed by atoms with Gasteiger partial charge in [0.15, 0.2) is 5.78 Å². The lowest BCUT2D eigenvalue weighted by atomic mass is 9.81. The van der Waals surface area contributed by atoms with E-state index in [1.54, 1.807) is 31.2 Å². The van der Waals surface area contributed by atoms with E-state index in [2.05, 4.69) is 28.8 Å². The van der Waals surface area contributed by atoms with Crippen LogP contribution in [0.3, 0.4) is 0 Å². The van der Waals surface area contributed by atoms with Crippen LogP contribution in [0, 0.1) is 0 Å². The van der Waals surface area contributed by atoms with E-state index in [9.17, 15) is 13.2 Å². The van der Waals surface area contributed by atoms with Crippen molar-refractivity contribution in [3.05, 3.63) is 89.5 Å². The van der Waals surface area contributed by atoms with Crippen molar-refractivity contribution in [2.75, 3.05) is 0 Å². The van der Waals surface area contributed by atoms with Crippen LogP contribution < -0.4 is 4.18 Å². The Labute approximate surface area is 223 Å². The summed E-state index contributed by atoms with van der Waals surface area (Å²) < 4.78 is 35.0. The minimum absolute atomic E-state index is 0.00901. The van der Waals surface area contributed by atoms with E-state index in [-0.39, 0.29) is 11.7 Å². The zero-order valence-corrected chi connectivity index (χ0v) is 22.3. The zero-order chi connectivity index (χ0) is 26.1. The average molecular weight is 526 g/mol. The molecule has 0 spiro atoms. The van der Waals surface area contributed by atoms with Gasteiger partial charge in [0, 0.05) is 34.5 Å². The molecule has 1 aromatic heterocycles. The Morgan fingerprint density at radius 3 is 2.45 bits per heavy atom. The number of benzene rings is 3. The standard InChI is InChI=1S/C32H31NO4S/c1-21(34)23-16-17-27-29(18-23)33-20-32(38(35,36)37-24-12-6-3-7-13-24)19-28(32)25-14-8-9-15-26(25)31(33)30(27)22-10-4-2-5-11-22/h3,6-9,12-18,22,28H,2,4-5,10-11,19-20H2,1H3. The summed E-state index contributed by atoms with van der Waals surface area (Å²) in [6, 6.07) is 23.1. The molecule has 0 saturated heterocycles. The Kier molecular flexibility index (Phi) is 5.35. The van der Waals surface area contributed by atoms with Crippen LogP contribution >= 0.6 is 0 Å². The highest BCUT2D eigenvalue weighted by Crippen LogP contribution is 2.63. The highest BCUT2D eigenvalue weighted by molar-refractivity contribution is 7.88. The Bertz CT molecular complexity index is 1680. The highest BCUT2D eigenvalue weighted by Gasteiger charge is 2.67. The molecule has 2 aliphatic carbocycles. The van der Waals surface area contributed by atoms with Crippen molar-refractivity contribution in [2.45, 2.75) is 68.6 Å². The van der Waals surface area contributed by atoms with E-state index in [1.807, 2.05) is 24.3 Å². The maximum Gasteiger partial charge on any atom is 0.317 e. The molecular formula is C32H31NO4S. The maximum absolute atomic E-state index is 14.0. The quantitative estimate of drug-likeness (QED) is 0.204. The molecule has 7 rings (SSSR count). The smallest absolute Gasteiger partial charge is 0.317 e. The predicted molar refractivity (Wildman–Crippen MR) is 149 cm³/mol. The number of Topliss-reactive ketones (excluding diaryl/α,β-unsaturated/α-hetero) is 1. The van der Waals surface area contributed by atoms with Crippen LogP contribution in [0.4, 0.5) is 0 Å². The van der Waals surface area contributed by atoms with Crippen molar-refractivity contribution in [3.63, 3.8) is 0 Å². The topological polar surface area (TPSA) is 65.4 Å². The van der Waals surface area contributed by atoms with Crippen LogP contribution in [0.15, 0.2) is 72.8 Å². The summed E-state index contributed by atoms with van der Waals surface area (Å²) >= 11 is 0. The lowest BCUT2D eigenvalue weighted by Gasteiger charge is -2.24. The second kappa shape index (κ2) is 8.57. The summed E-state index contributed by atoms with van der Waals surface area (Å²) in [6.07, 6.45) is 6.45. The van der Waals surface area contributed by atoms with E-state index >= 15 is 0 Å². The molecule has 2 atom stereocenters. The van der Waals surface area contributed by atoms with Gasteiger partial charge in [-0.1, -0.05) is 73.9 Å². The second-order valence-corrected chi connectivity index (χ2v) is 13.1. The van der Waals surface area contributed by atoms with Crippen molar-refractivity contribution in [1.29, 1.82) is 0 Å². The first kappa shape index (κ1) is 23.7. The van der Waals surface area contributed by atoms with Gasteiger partial charge in [-0.3, -0.25) is 4.79 Å². The molecule has 2 saturated carbocycles. The summed E-state index contributed by atoms with van der Waals surface area (Å²) in [5.41, 5.74) is 6.25. The molecule has 0 bridgehead atoms. The van der Waals surface area contributed by atoms with Gasteiger partial charge in [-0.25, -0.2) is 0 Å². The number of hydrogen-bond donors (Lipinski definition) is 0. The SMILES string of the molecule is CC(=O)c1ccc2c(C3CCCCC3)c3n(c2c1)CC1(S(=O)(=O)Oc2ccccc2)CC1c1ccccc1-3. The van der Waals surface area contributed by atoms with Crippen molar-refractivity contribution in [2.24, 2.45) is 0 Å². The van der Waals surface area contributed by atoms with Gasteiger partial charge >= 0.3 is 10.1 Å². The fourth-order valence-electron chi connectivity index (χ4n) is 7.03. The number of nitrogens with zero attached hydrogens (tertiary/aromatic N) is 1. The summed E-state index contributed by atoms with van der Waals surface area (Å²) in [6.45, 7) is 1.89. The monoisotopic (exact) mass is 525 g/mol. The Balaban J connectivity index is 1.48. The van der Waals surface area contributed by atoms with Gasteiger partial charge in [0.1, 0.15) is 10.5 Å². The number of carbonyl (C=O) groups excluding carboxylic acids is 1. The number of para-hydroxylation sites is 1. The lowest BCUT2D eigenvalue weighted by molar-refractivity contribution is 0.101. The molecule has 4 aromatic rings. The van der Waals surface area contributed by atoms with Crippen LogP contribution in [0.1, 0.15) is 78.8 Å². The number of aromatic nitrogens is 1. The summed E-state index contributed by atoms with van der Waals surface area (Å²) in [7, 11) is -3.97. The van der Waals surface area contributed by atoms with E-state index in [0.29, 0.717) is 30.2 Å². The van der Waals surface area contributed by atoms with Crippen LogP contribution in [0.5, 0.6) is 5.75 Å². The Morgan fingerprint density at radius 1 is 0.947 bits per heavy atom. The van der Waals surface area contributed by atoms with Crippen LogP contribution in [-0.2, 0) is 16.7 Å². The number of ketones is 1. The third kappa shape index (κ3) is 3.49. The van der Waals surface area contributed by atoms with E-state index in [1.165, 1.54) is 24.8 Å². The number of hydrogen-bond acceptors (Lipinski definition) is 4. The summed E-state index contributed by atoms with van der Waals surface area (Å²) in [4.78, 5) is 12.4. The molecule has 2 fully saturated rings. The summed E-state index contributed by atoms with van der Waals surface area (Å²) in [5, 5.41) is 1.14. The van der Waals surface area contributed by atoms with Crippen molar-refractivity contribution >= 4 is 26.8 Å². The van der Waals surface area contributed by atoms with Crippen molar-refractivity contribution < 1.29 is 17.4 Å². The minimum atomic E-state index is -3.97. The normalized spacial score (nSPS) is 22.7. The van der Waals surface area contributed by atoms with Crippen LogP contribution in [0.2, 0.25) is 0 Å². The first-order valence-electron chi connectivity index (χ1n) is 13.6. The van der Waals surface area contributed by atoms with E-state index in [0.717, 1.165) is 40.6 Å². The van der Waals surface area contributed by atoms with Gasteiger partial charge in [-0.05, 0) is 61.4 Å². The van der Waals surface area contributed by atoms with Gasteiger partial charge in [0.25, 0.3) is 0 Å². The molecule has 3 aliphatic rings. The fraction of sp³-hybridized carbons (Fsp3) is 0.344. The summed E-state index contributed by atoms with van der Waals surface area (Å²) in [5.74, 6) is 0.623. The minimum Gasteiger partial charge on any atom is -0.382 e. The van der Waals surface area contributed by atoms with Gasteiger partial charge in [-0.15, -0.1) is 0 Å². The molecule has 0 amide bonds.